The zero-order valence-electron chi connectivity index (χ0n) is 10.7. The number of ketones is 1. The molecule has 0 fully saturated rings. The van der Waals surface area contributed by atoms with Gasteiger partial charge in [0.05, 0.1) is 11.3 Å². The van der Waals surface area contributed by atoms with Crippen LogP contribution < -0.4 is 0 Å². The first-order valence-electron chi connectivity index (χ1n) is 5.63. The van der Waals surface area contributed by atoms with E-state index in [0.29, 0.717) is 0 Å². The number of benzene rings is 1. The Morgan fingerprint density at radius 3 is 2.19 bits per heavy atom. The van der Waals surface area contributed by atoms with Crippen molar-refractivity contribution in [3.8, 4) is 0 Å². The van der Waals surface area contributed by atoms with Gasteiger partial charge in [-0.25, -0.2) is 0 Å². The highest BCUT2D eigenvalue weighted by Crippen LogP contribution is 2.34. The summed E-state index contributed by atoms with van der Waals surface area (Å²) in [5.41, 5.74) is 0.0384. The summed E-state index contributed by atoms with van der Waals surface area (Å²) < 4.78 is 2.85. The van der Waals surface area contributed by atoms with Gasteiger partial charge in [0, 0.05) is 24.6 Å². The minimum absolute atomic E-state index is 0.149. The van der Waals surface area contributed by atoms with Crippen LogP contribution in [0.1, 0.15) is 23.7 Å². The van der Waals surface area contributed by atoms with E-state index in [-0.39, 0.29) is 17.7 Å². The molecule has 1 rings (SSSR count). The van der Waals surface area contributed by atoms with Gasteiger partial charge in [-0.1, -0.05) is 34.8 Å². The van der Waals surface area contributed by atoms with Crippen LogP contribution in [0.15, 0.2) is 24.3 Å². The Labute approximate surface area is 135 Å². The highest BCUT2D eigenvalue weighted by Gasteiger charge is 2.37. The van der Waals surface area contributed by atoms with Crippen LogP contribution in [0, 0.1) is 10.1 Å². The van der Waals surface area contributed by atoms with Gasteiger partial charge in [0.1, 0.15) is 0 Å². The van der Waals surface area contributed by atoms with Crippen molar-refractivity contribution in [3.63, 3.8) is 0 Å². The van der Waals surface area contributed by atoms with E-state index >= 15 is 0 Å². The molecular formula is C12H10Cl3NO5. The van der Waals surface area contributed by atoms with E-state index in [1.807, 2.05) is 0 Å². The Balaban J connectivity index is 2.86. The normalized spacial score (nSPS) is 12.6. The number of rotatable bonds is 5. The quantitative estimate of drug-likeness (QED) is 0.266. The van der Waals surface area contributed by atoms with Crippen LogP contribution in [0.25, 0.3) is 0 Å². The molecule has 1 aromatic rings. The molecule has 0 saturated carbocycles. The molecule has 0 radical (unpaired) electrons. The molecule has 0 aromatic heterocycles. The Hall–Kier alpha value is -1.37. The number of Topliss-reactive ketones (excluding diaryl/α,β-unsaturated/α-hetero) is 1. The summed E-state index contributed by atoms with van der Waals surface area (Å²) in [6.07, 6.45) is -1.60. The topological polar surface area (TPSA) is 86.5 Å². The Bertz CT molecular complexity index is 553. The second-order valence-electron chi connectivity index (χ2n) is 4.07. The van der Waals surface area contributed by atoms with Crippen molar-refractivity contribution in [2.45, 2.75) is 23.2 Å². The molecular weight excluding hydrogens is 344 g/mol. The number of carbonyl (C=O) groups is 2. The fourth-order valence-corrected chi connectivity index (χ4v) is 1.84. The van der Waals surface area contributed by atoms with Crippen LogP contribution in [0.4, 0.5) is 5.69 Å². The third-order valence-corrected chi connectivity index (χ3v) is 3.17. The first-order chi connectivity index (χ1) is 9.61. The summed E-state index contributed by atoms with van der Waals surface area (Å²) in [6, 6.07) is 4.93. The summed E-state index contributed by atoms with van der Waals surface area (Å²) in [7, 11) is 0. The lowest BCUT2D eigenvalue weighted by atomic mass is 10.1. The number of nitro groups is 1. The number of alkyl halides is 3. The fourth-order valence-electron chi connectivity index (χ4n) is 1.48. The average Bonchev–Trinajstić information content (AvgIpc) is 2.36. The third kappa shape index (κ3) is 5.49. The summed E-state index contributed by atoms with van der Waals surface area (Å²) in [5, 5.41) is 10.5. The monoisotopic (exact) mass is 353 g/mol. The molecule has 9 heteroatoms. The van der Waals surface area contributed by atoms with E-state index in [2.05, 4.69) is 0 Å². The van der Waals surface area contributed by atoms with E-state index in [4.69, 9.17) is 39.5 Å². The largest absolute Gasteiger partial charge is 0.458 e. The molecule has 0 aliphatic heterocycles. The summed E-state index contributed by atoms with van der Waals surface area (Å²) in [4.78, 5) is 32.9. The average molecular weight is 355 g/mol. The second kappa shape index (κ2) is 7.06. The van der Waals surface area contributed by atoms with Gasteiger partial charge in [0.2, 0.25) is 3.79 Å². The lowest BCUT2D eigenvalue weighted by molar-refractivity contribution is -0.384. The molecule has 0 bridgehead atoms. The first-order valence-corrected chi connectivity index (χ1v) is 6.76. The predicted molar refractivity (Wildman–Crippen MR) is 77.9 cm³/mol. The standard InChI is InChI=1S/C12H10Cl3NO5/c1-7(17)21-11(12(13,14)15)6-10(18)8-2-4-9(5-3-8)16(19)20/h2-5,11H,6H2,1H3. The molecule has 114 valence electrons. The number of hydrogen-bond donors (Lipinski definition) is 0. The number of non-ortho nitro benzene ring substituents is 1. The van der Waals surface area contributed by atoms with Gasteiger partial charge in [-0.3, -0.25) is 19.7 Å². The first kappa shape index (κ1) is 17.7. The van der Waals surface area contributed by atoms with Crippen molar-refractivity contribution in [1.29, 1.82) is 0 Å². The Morgan fingerprint density at radius 1 is 1.29 bits per heavy atom. The van der Waals surface area contributed by atoms with Crippen LogP contribution in [0.5, 0.6) is 0 Å². The smallest absolute Gasteiger partial charge is 0.303 e. The predicted octanol–water partition coefficient (Wildman–Crippen LogP) is 3.47. The van der Waals surface area contributed by atoms with Crippen molar-refractivity contribution in [3.05, 3.63) is 39.9 Å². The zero-order chi connectivity index (χ0) is 16.2. The summed E-state index contributed by atoms with van der Waals surface area (Å²) >= 11 is 17.0. The molecule has 0 aliphatic rings. The minimum atomic E-state index is -1.96. The highest BCUT2D eigenvalue weighted by molar-refractivity contribution is 6.68. The molecule has 1 atom stereocenters. The Kier molecular flexibility index (Phi) is 5.95. The minimum Gasteiger partial charge on any atom is -0.458 e. The zero-order valence-corrected chi connectivity index (χ0v) is 13.0. The van der Waals surface area contributed by atoms with Crippen LogP contribution in [0.3, 0.4) is 0 Å². The molecule has 0 amide bonds. The summed E-state index contributed by atoms with van der Waals surface area (Å²) in [5.74, 6) is -1.16. The molecule has 0 spiro atoms. The number of esters is 1. The maximum atomic E-state index is 12.0. The molecule has 21 heavy (non-hydrogen) atoms. The van der Waals surface area contributed by atoms with Crippen molar-refractivity contribution in [2.75, 3.05) is 0 Å². The van der Waals surface area contributed by atoms with Gasteiger partial charge in [0.15, 0.2) is 11.9 Å². The summed E-state index contributed by atoms with van der Waals surface area (Å²) in [6.45, 7) is 1.12. The van der Waals surface area contributed by atoms with Gasteiger partial charge >= 0.3 is 5.97 Å². The molecule has 1 aromatic carbocycles. The van der Waals surface area contributed by atoms with Gasteiger partial charge in [-0.2, -0.15) is 0 Å². The van der Waals surface area contributed by atoms with Crippen molar-refractivity contribution in [2.24, 2.45) is 0 Å². The molecule has 0 heterocycles. The maximum Gasteiger partial charge on any atom is 0.303 e. The number of ether oxygens (including phenoxy) is 1. The number of nitrogens with zero attached hydrogens (tertiary/aromatic N) is 1. The van der Waals surface area contributed by atoms with E-state index in [9.17, 15) is 19.7 Å². The Morgan fingerprint density at radius 2 is 1.81 bits per heavy atom. The molecule has 0 aliphatic carbocycles. The van der Waals surface area contributed by atoms with E-state index < -0.39 is 26.6 Å². The fraction of sp³-hybridized carbons (Fsp3) is 0.333. The van der Waals surface area contributed by atoms with Crippen LogP contribution in [0.2, 0.25) is 0 Å². The van der Waals surface area contributed by atoms with Gasteiger partial charge in [0.25, 0.3) is 5.69 Å². The maximum absolute atomic E-state index is 12.0. The SMILES string of the molecule is CC(=O)OC(CC(=O)c1ccc([N+](=O)[O-])cc1)C(Cl)(Cl)Cl. The molecule has 0 saturated heterocycles. The van der Waals surface area contributed by atoms with E-state index in [1.54, 1.807) is 0 Å². The number of nitro benzene ring substituents is 1. The number of hydrogen-bond acceptors (Lipinski definition) is 5. The van der Waals surface area contributed by atoms with Gasteiger partial charge in [-0.15, -0.1) is 0 Å². The molecule has 1 unspecified atom stereocenters. The van der Waals surface area contributed by atoms with Crippen molar-refractivity contribution in [1.82, 2.24) is 0 Å². The lowest BCUT2D eigenvalue weighted by Gasteiger charge is -2.23. The number of halogens is 3. The lowest BCUT2D eigenvalue weighted by Crippen LogP contribution is -2.32. The highest BCUT2D eigenvalue weighted by atomic mass is 35.6. The van der Waals surface area contributed by atoms with E-state index in [1.165, 1.54) is 24.3 Å². The third-order valence-electron chi connectivity index (χ3n) is 2.44. The van der Waals surface area contributed by atoms with Crippen LogP contribution in [-0.2, 0) is 9.53 Å². The van der Waals surface area contributed by atoms with Gasteiger partial charge < -0.3 is 4.74 Å². The van der Waals surface area contributed by atoms with Crippen molar-refractivity contribution < 1.29 is 19.2 Å². The van der Waals surface area contributed by atoms with E-state index in [0.717, 1.165) is 6.92 Å². The van der Waals surface area contributed by atoms with Crippen LogP contribution in [-0.4, -0.2) is 26.6 Å². The second-order valence-corrected chi connectivity index (χ2v) is 6.44. The van der Waals surface area contributed by atoms with Crippen molar-refractivity contribution >= 4 is 52.2 Å². The molecule has 0 N–H and O–H groups in total. The van der Waals surface area contributed by atoms with Gasteiger partial charge in [-0.05, 0) is 12.1 Å². The van der Waals surface area contributed by atoms with Crippen LogP contribution >= 0.6 is 34.8 Å². The molecule has 6 nitrogen and oxygen atoms in total. The number of carbonyl (C=O) groups excluding carboxylic acids is 2.